The van der Waals surface area contributed by atoms with Gasteiger partial charge in [0.05, 0.1) is 0 Å². The molecular weight excluding hydrogens is 364 g/mol. The second kappa shape index (κ2) is 6.33. The number of phenolic OH excluding ortho intramolecular Hbond substituents is 2. The van der Waals surface area contributed by atoms with Crippen LogP contribution in [0.3, 0.4) is 0 Å². The van der Waals surface area contributed by atoms with Crippen LogP contribution in [0.25, 0.3) is 0 Å². The largest absolute Gasteiger partial charge is 0.504 e. The van der Waals surface area contributed by atoms with Gasteiger partial charge in [-0.25, -0.2) is 0 Å². The fraction of sp³-hybridized carbons (Fsp3) is 0.480. The van der Waals surface area contributed by atoms with Gasteiger partial charge in [0.25, 0.3) is 0 Å². The van der Waals surface area contributed by atoms with Gasteiger partial charge in [0.1, 0.15) is 5.60 Å². The molecule has 3 aliphatic carbocycles. The first kappa shape index (κ1) is 18.7. The molecule has 0 aliphatic heterocycles. The number of ketones is 1. The van der Waals surface area contributed by atoms with E-state index in [-0.39, 0.29) is 23.2 Å². The van der Waals surface area contributed by atoms with Gasteiger partial charge in [-0.3, -0.25) is 4.79 Å². The summed E-state index contributed by atoms with van der Waals surface area (Å²) < 4.78 is 0. The number of carbonyl (C=O) groups is 1. The van der Waals surface area contributed by atoms with Crippen molar-refractivity contribution >= 4 is 5.78 Å². The SMILES string of the molecule is C[C@]12CC[C@@H]3c4ccc(O)c(O)c4CC[C@H]3[C@@H]1CC[C@@]2(O)C(=O)c1ccccc1. The summed E-state index contributed by atoms with van der Waals surface area (Å²) in [6.45, 7) is 2.12. The predicted molar refractivity (Wildman–Crippen MR) is 110 cm³/mol. The van der Waals surface area contributed by atoms with E-state index in [4.69, 9.17) is 0 Å². The van der Waals surface area contributed by atoms with E-state index in [9.17, 15) is 20.1 Å². The quantitative estimate of drug-likeness (QED) is 0.517. The molecule has 0 heterocycles. The van der Waals surface area contributed by atoms with Crippen LogP contribution in [-0.4, -0.2) is 26.7 Å². The van der Waals surface area contributed by atoms with E-state index in [2.05, 4.69) is 6.92 Å². The van der Waals surface area contributed by atoms with Crippen LogP contribution >= 0.6 is 0 Å². The van der Waals surface area contributed by atoms with Crippen LogP contribution in [0.15, 0.2) is 42.5 Å². The number of fused-ring (bicyclic) bond motifs is 5. The summed E-state index contributed by atoms with van der Waals surface area (Å²) in [6.07, 6.45) is 4.69. The van der Waals surface area contributed by atoms with Crippen molar-refractivity contribution in [2.75, 3.05) is 0 Å². The molecule has 4 nitrogen and oxygen atoms in total. The van der Waals surface area contributed by atoms with Crippen molar-refractivity contribution < 1.29 is 20.1 Å². The molecule has 2 fully saturated rings. The normalized spacial score (nSPS) is 35.4. The molecule has 2 saturated carbocycles. The van der Waals surface area contributed by atoms with Crippen molar-refractivity contribution in [2.24, 2.45) is 17.3 Å². The van der Waals surface area contributed by atoms with Crippen LogP contribution in [0.2, 0.25) is 0 Å². The Kier molecular flexibility index (Phi) is 4.08. The zero-order chi connectivity index (χ0) is 20.4. The topological polar surface area (TPSA) is 77.8 Å². The lowest BCUT2D eigenvalue weighted by molar-refractivity contribution is -0.0773. The van der Waals surface area contributed by atoms with Crippen LogP contribution < -0.4 is 0 Å². The average Bonchev–Trinajstić information content (AvgIpc) is 3.02. The minimum atomic E-state index is -1.32. The Morgan fingerprint density at radius 2 is 1.76 bits per heavy atom. The fourth-order valence-corrected chi connectivity index (χ4v) is 6.85. The van der Waals surface area contributed by atoms with E-state index in [0.29, 0.717) is 23.8 Å². The van der Waals surface area contributed by atoms with E-state index in [1.165, 1.54) is 0 Å². The first-order valence-electron chi connectivity index (χ1n) is 10.7. The van der Waals surface area contributed by atoms with Crippen LogP contribution in [-0.2, 0) is 6.42 Å². The first-order chi connectivity index (χ1) is 13.9. The van der Waals surface area contributed by atoms with Crippen molar-refractivity contribution in [2.45, 2.75) is 57.0 Å². The number of carbonyl (C=O) groups excluding carboxylic acids is 1. The highest BCUT2D eigenvalue weighted by molar-refractivity contribution is 6.03. The number of aromatic hydroxyl groups is 2. The summed E-state index contributed by atoms with van der Waals surface area (Å²) in [5.41, 5.74) is 0.860. The number of hydrogen-bond donors (Lipinski definition) is 3. The minimum Gasteiger partial charge on any atom is -0.504 e. The standard InChI is InChI=1S/C25H28O4/c1-24-13-11-17-16-9-10-21(26)22(27)19(16)8-7-18(17)20(24)12-14-25(24,29)23(28)15-5-3-2-4-6-15/h2-6,9-10,17-18,20,26-27,29H,7-8,11-14H2,1H3/t17-,18-,20+,24+,25-/m1/s1. The number of hydrogen-bond acceptors (Lipinski definition) is 4. The zero-order valence-electron chi connectivity index (χ0n) is 16.8. The van der Waals surface area contributed by atoms with Gasteiger partial charge < -0.3 is 15.3 Å². The third kappa shape index (κ3) is 2.45. The maximum atomic E-state index is 13.4. The van der Waals surface area contributed by atoms with Gasteiger partial charge in [0, 0.05) is 16.5 Å². The lowest BCUT2D eigenvalue weighted by Crippen LogP contribution is -2.55. The van der Waals surface area contributed by atoms with Crippen LogP contribution in [0, 0.1) is 17.3 Å². The van der Waals surface area contributed by atoms with Gasteiger partial charge >= 0.3 is 0 Å². The second-order valence-electron chi connectivity index (χ2n) is 9.47. The molecule has 2 aromatic carbocycles. The van der Waals surface area contributed by atoms with Gasteiger partial charge in [-0.1, -0.05) is 43.3 Å². The first-order valence-corrected chi connectivity index (χ1v) is 10.7. The summed E-state index contributed by atoms with van der Waals surface area (Å²) in [4.78, 5) is 13.4. The molecule has 0 radical (unpaired) electrons. The van der Waals surface area contributed by atoms with E-state index in [1.807, 2.05) is 24.3 Å². The van der Waals surface area contributed by atoms with Crippen molar-refractivity contribution in [3.8, 4) is 11.5 Å². The smallest absolute Gasteiger partial charge is 0.194 e. The molecular formula is C25H28O4. The van der Waals surface area contributed by atoms with Gasteiger partial charge in [-0.15, -0.1) is 0 Å². The molecule has 5 atom stereocenters. The summed E-state index contributed by atoms with van der Waals surface area (Å²) in [5.74, 6) is 0.826. The molecule has 3 aliphatic rings. The van der Waals surface area contributed by atoms with Gasteiger partial charge in [0.2, 0.25) is 0 Å². The number of phenols is 2. The molecule has 0 spiro atoms. The van der Waals surface area contributed by atoms with Crippen molar-refractivity contribution in [3.05, 3.63) is 59.2 Å². The van der Waals surface area contributed by atoms with Crippen LogP contribution in [0.1, 0.15) is 66.4 Å². The van der Waals surface area contributed by atoms with Gasteiger partial charge in [0.15, 0.2) is 17.3 Å². The third-order valence-electron chi connectivity index (χ3n) is 8.43. The van der Waals surface area contributed by atoms with E-state index in [1.54, 1.807) is 18.2 Å². The molecule has 0 amide bonds. The number of rotatable bonds is 2. The maximum Gasteiger partial charge on any atom is 0.194 e. The fourth-order valence-electron chi connectivity index (χ4n) is 6.85. The summed E-state index contributed by atoms with van der Waals surface area (Å²) in [6, 6.07) is 12.7. The predicted octanol–water partition coefficient (Wildman–Crippen LogP) is 4.57. The number of Topliss-reactive ketones (excluding diaryl/α,β-unsaturated/α-hetero) is 1. The van der Waals surface area contributed by atoms with Crippen LogP contribution in [0.4, 0.5) is 0 Å². The average molecular weight is 392 g/mol. The Labute approximate surface area is 171 Å². The minimum absolute atomic E-state index is 0.0245. The number of benzene rings is 2. The van der Waals surface area contributed by atoms with E-state index in [0.717, 1.165) is 43.2 Å². The Bertz CT molecular complexity index is 968. The van der Waals surface area contributed by atoms with Crippen molar-refractivity contribution in [3.63, 3.8) is 0 Å². The Balaban J connectivity index is 1.50. The zero-order valence-corrected chi connectivity index (χ0v) is 16.8. The third-order valence-corrected chi connectivity index (χ3v) is 8.43. The van der Waals surface area contributed by atoms with Crippen LogP contribution in [0.5, 0.6) is 11.5 Å². The molecule has 2 aromatic rings. The molecule has 5 rings (SSSR count). The molecule has 0 saturated heterocycles. The van der Waals surface area contributed by atoms with Crippen molar-refractivity contribution in [1.29, 1.82) is 0 Å². The maximum absolute atomic E-state index is 13.4. The Morgan fingerprint density at radius 3 is 2.52 bits per heavy atom. The molecule has 0 aromatic heterocycles. The molecule has 0 bridgehead atoms. The van der Waals surface area contributed by atoms with Gasteiger partial charge in [-0.2, -0.15) is 0 Å². The van der Waals surface area contributed by atoms with Gasteiger partial charge in [-0.05, 0) is 67.9 Å². The molecule has 29 heavy (non-hydrogen) atoms. The Hall–Kier alpha value is -2.33. The second-order valence-corrected chi connectivity index (χ2v) is 9.47. The van der Waals surface area contributed by atoms with Crippen molar-refractivity contribution in [1.82, 2.24) is 0 Å². The lowest BCUT2D eigenvalue weighted by Gasteiger charge is -2.52. The highest BCUT2D eigenvalue weighted by Gasteiger charge is 2.64. The molecule has 3 N–H and O–H groups in total. The highest BCUT2D eigenvalue weighted by Crippen LogP contribution is 2.65. The molecule has 0 unspecified atom stereocenters. The Morgan fingerprint density at radius 1 is 1.00 bits per heavy atom. The molecule has 152 valence electrons. The van der Waals surface area contributed by atoms with E-state index < -0.39 is 11.0 Å². The highest BCUT2D eigenvalue weighted by atomic mass is 16.3. The monoisotopic (exact) mass is 392 g/mol. The summed E-state index contributed by atoms with van der Waals surface area (Å²) >= 11 is 0. The number of aliphatic hydroxyl groups is 1. The molecule has 4 heteroatoms. The lowest BCUT2D eigenvalue weighted by atomic mass is 9.52. The summed E-state index contributed by atoms with van der Waals surface area (Å²) in [5, 5.41) is 31.9. The summed E-state index contributed by atoms with van der Waals surface area (Å²) in [7, 11) is 0. The van der Waals surface area contributed by atoms with E-state index >= 15 is 0 Å².